The van der Waals surface area contributed by atoms with E-state index in [0.717, 1.165) is 40.6 Å². The van der Waals surface area contributed by atoms with Gasteiger partial charge in [0.2, 0.25) is 0 Å². The summed E-state index contributed by atoms with van der Waals surface area (Å²) in [6.07, 6.45) is 8.54. The Kier molecular flexibility index (Phi) is 3.84. The molecular formula is C18H32N2SSi. The van der Waals surface area contributed by atoms with Crippen LogP contribution in [0.4, 0.5) is 0 Å². The summed E-state index contributed by atoms with van der Waals surface area (Å²) in [6.45, 7) is 7.49. The monoisotopic (exact) mass is 336 g/mol. The van der Waals surface area contributed by atoms with Crippen LogP contribution in [0.3, 0.4) is 0 Å². The van der Waals surface area contributed by atoms with E-state index in [1.54, 1.807) is 4.91 Å². The summed E-state index contributed by atoms with van der Waals surface area (Å²) >= 11 is 2.21. The Labute approximate surface area is 141 Å². The molecule has 1 N–H and O–H groups in total. The van der Waals surface area contributed by atoms with Crippen LogP contribution in [0.5, 0.6) is 0 Å². The molecule has 4 rings (SSSR count). The fourth-order valence-corrected chi connectivity index (χ4v) is 11.7. The van der Waals surface area contributed by atoms with Crippen molar-refractivity contribution >= 4 is 20.0 Å². The van der Waals surface area contributed by atoms with Gasteiger partial charge in [0.15, 0.2) is 0 Å². The molecule has 2 aliphatic carbocycles. The van der Waals surface area contributed by atoms with E-state index < -0.39 is 8.24 Å². The lowest BCUT2D eigenvalue weighted by Crippen LogP contribution is -2.54. The molecule has 0 spiro atoms. The van der Waals surface area contributed by atoms with Crippen LogP contribution in [0.2, 0.25) is 18.6 Å². The van der Waals surface area contributed by atoms with Crippen molar-refractivity contribution in [2.45, 2.75) is 68.6 Å². The average molecular weight is 337 g/mol. The molecule has 4 aliphatic rings. The van der Waals surface area contributed by atoms with Gasteiger partial charge in [0.25, 0.3) is 0 Å². The van der Waals surface area contributed by atoms with Crippen LogP contribution in [0, 0.1) is 17.8 Å². The molecule has 1 saturated heterocycles. The summed E-state index contributed by atoms with van der Waals surface area (Å²) in [5, 5.41) is 0.856. The first-order chi connectivity index (χ1) is 10.5. The number of likely N-dealkylation sites (tertiary alicyclic amines) is 1. The predicted octanol–water partition coefficient (Wildman–Crippen LogP) is 3.92. The molecule has 2 nitrogen and oxygen atoms in total. The molecule has 0 radical (unpaired) electrons. The van der Waals surface area contributed by atoms with Crippen LogP contribution in [0.15, 0.2) is 11.0 Å². The van der Waals surface area contributed by atoms with E-state index in [1.165, 1.54) is 25.7 Å². The second-order valence-corrected chi connectivity index (χ2v) is 14.7. The third-order valence-electron chi connectivity index (χ3n) is 7.44. The zero-order valence-corrected chi connectivity index (χ0v) is 16.6. The van der Waals surface area contributed by atoms with Gasteiger partial charge in [-0.3, -0.25) is 4.90 Å². The lowest BCUT2D eigenvalue weighted by molar-refractivity contribution is 0.177. The minimum atomic E-state index is -1.40. The molecule has 2 aliphatic heterocycles. The largest absolute Gasteiger partial charge is 0.340 e. The second-order valence-electron chi connectivity index (χ2n) is 8.68. The third-order valence-corrected chi connectivity index (χ3v) is 12.7. The van der Waals surface area contributed by atoms with Gasteiger partial charge in [0, 0.05) is 17.3 Å². The molecule has 7 atom stereocenters. The number of nitrogens with zero attached hydrogens (tertiary/aromatic N) is 1. The highest BCUT2D eigenvalue weighted by Gasteiger charge is 2.64. The van der Waals surface area contributed by atoms with Crippen molar-refractivity contribution in [3.05, 3.63) is 11.0 Å². The highest BCUT2D eigenvalue weighted by molar-refractivity contribution is 8.04. The zero-order valence-electron chi connectivity index (χ0n) is 14.8. The highest BCUT2D eigenvalue weighted by Crippen LogP contribution is 2.64. The van der Waals surface area contributed by atoms with E-state index in [2.05, 4.69) is 61.8 Å². The van der Waals surface area contributed by atoms with Gasteiger partial charge in [-0.2, -0.15) is 0 Å². The molecule has 7 unspecified atom stereocenters. The lowest BCUT2D eigenvalue weighted by atomic mass is 9.75. The van der Waals surface area contributed by atoms with Gasteiger partial charge in [-0.25, -0.2) is 0 Å². The number of hydrogen-bond donors (Lipinski definition) is 1. The topological polar surface area (TPSA) is 15.3 Å². The molecule has 0 aromatic carbocycles. The van der Waals surface area contributed by atoms with Crippen LogP contribution in [0.1, 0.15) is 32.6 Å². The maximum Gasteiger partial charge on any atom is 0.125 e. The molecule has 2 saturated carbocycles. The van der Waals surface area contributed by atoms with Gasteiger partial charge in [0.05, 0.1) is 0 Å². The molecule has 0 aromatic heterocycles. The van der Waals surface area contributed by atoms with Gasteiger partial charge in [-0.15, -0.1) is 11.8 Å². The molecule has 22 heavy (non-hydrogen) atoms. The summed E-state index contributed by atoms with van der Waals surface area (Å²) < 4.78 is 0. The van der Waals surface area contributed by atoms with Gasteiger partial charge in [0.1, 0.15) is 8.24 Å². The number of allylic oxidation sites excluding steroid dienone is 2. The van der Waals surface area contributed by atoms with Crippen molar-refractivity contribution in [1.29, 1.82) is 0 Å². The number of fused-ring (bicyclic) bond motifs is 5. The fourth-order valence-electron chi connectivity index (χ4n) is 6.39. The fraction of sp³-hybridized carbons (Fsp3) is 0.889. The van der Waals surface area contributed by atoms with Crippen molar-refractivity contribution < 1.29 is 0 Å². The quantitative estimate of drug-likeness (QED) is 0.770. The summed E-state index contributed by atoms with van der Waals surface area (Å²) in [4.78, 5) is 8.25. The van der Waals surface area contributed by atoms with Gasteiger partial charge >= 0.3 is 0 Å². The van der Waals surface area contributed by atoms with Crippen molar-refractivity contribution in [3.8, 4) is 0 Å². The van der Waals surface area contributed by atoms with Crippen LogP contribution < -0.4 is 4.98 Å². The summed E-state index contributed by atoms with van der Waals surface area (Å²) in [6, 6.07) is 1.72. The van der Waals surface area contributed by atoms with Crippen LogP contribution in [-0.2, 0) is 0 Å². The molecule has 124 valence electrons. The van der Waals surface area contributed by atoms with Gasteiger partial charge < -0.3 is 4.98 Å². The maximum atomic E-state index is 3.80. The smallest absolute Gasteiger partial charge is 0.125 e. The van der Waals surface area contributed by atoms with Crippen molar-refractivity contribution in [2.24, 2.45) is 17.8 Å². The molecule has 0 aromatic rings. The molecule has 0 bridgehead atoms. The van der Waals surface area contributed by atoms with Crippen molar-refractivity contribution in [2.75, 3.05) is 14.1 Å². The Hall–Kier alpha value is 0.227. The molecule has 4 heteroatoms. The minimum absolute atomic E-state index is 0.842. The van der Waals surface area contributed by atoms with E-state index in [0.29, 0.717) is 0 Å². The predicted molar refractivity (Wildman–Crippen MR) is 99.7 cm³/mol. The van der Waals surface area contributed by atoms with E-state index in [9.17, 15) is 0 Å². The summed E-state index contributed by atoms with van der Waals surface area (Å²) in [7, 11) is 3.28. The van der Waals surface area contributed by atoms with Crippen LogP contribution in [-0.4, -0.2) is 44.6 Å². The van der Waals surface area contributed by atoms with Crippen molar-refractivity contribution in [1.82, 2.24) is 9.88 Å². The Morgan fingerprint density at radius 2 is 2.00 bits per heavy atom. The van der Waals surface area contributed by atoms with Crippen LogP contribution in [0.25, 0.3) is 0 Å². The zero-order chi connectivity index (χ0) is 15.6. The van der Waals surface area contributed by atoms with E-state index >= 15 is 0 Å². The summed E-state index contributed by atoms with van der Waals surface area (Å²) in [5.74, 6) is 2.77. The van der Waals surface area contributed by atoms with E-state index in [1.807, 2.05) is 0 Å². The third kappa shape index (κ3) is 2.06. The van der Waals surface area contributed by atoms with E-state index in [4.69, 9.17) is 0 Å². The Balaban J connectivity index is 1.75. The van der Waals surface area contributed by atoms with Gasteiger partial charge in [-0.1, -0.05) is 32.0 Å². The van der Waals surface area contributed by atoms with Crippen molar-refractivity contribution in [3.63, 3.8) is 0 Å². The van der Waals surface area contributed by atoms with Crippen LogP contribution >= 0.6 is 11.8 Å². The average Bonchev–Trinajstić information content (AvgIpc) is 3.08. The first-order valence-corrected chi connectivity index (χ1v) is 13.2. The normalized spacial score (nSPS) is 48.0. The SMILES string of the molecule is CN[Si](C)(C)C1C2SC(C)=CC2C2C3CCCCC3N(C)C21. The first kappa shape index (κ1) is 15.7. The Morgan fingerprint density at radius 3 is 2.73 bits per heavy atom. The van der Waals surface area contributed by atoms with E-state index in [-0.39, 0.29) is 0 Å². The maximum absolute atomic E-state index is 3.80. The number of thioether (sulfide) groups is 1. The first-order valence-electron chi connectivity index (χ1n) is 9.21. The highest BCUT2D eigenvalue weighted by atomic mass is 32.2. The van der Waals surface area contributed by atoms with Gasteiger partial charge in [-0.05, 0) is 62.1 Å². The molecule has 3 fully saturated rings. The number of rotatable bonds is 2. The molecular weight excluding hydrogens is 304 g/mol. The molecule has 0 amide bonds. The summed E-state index contributed by atoms with van der Waals surface area (Å²) in [5.41, 5.74) is 0.891. The lowest BCUT2D eigenvalue weighted by Gasteiger charge is -2.41. The minimum Gasteiger partial charge on any atom is -0.340 e. The molecule has 2 heterocycles. The Morgan fingerprint density at radius 1 is 1.27 bits per heavy atom. The standard InChI is InChI=1S/C18H32N2SSi/c1-11-10-13-15-12-8-6-7-9-14(12)20(3)16(15)18(17(13)21-11)22(4,5)19-2/h10,12-19H,6-9H2,1-5H3. The number of hydrogen-bond acceptors (Lipinski definition) is 3. The number of nitrogens with one attached hydrogen (secondary N) is 1. The Bertz CT molecular complexity index is 491. The second kappa shape index (κ2) is 5.37.